The molecular weight excluding hydrogens is 362 g/mol. The highest BCUT2D eigenvalue weighted by atomic mass is 16.5. The Morgan fingerprint density at radius 3 is 2.25 bits per heavy atom. The summed E-state index contributed by atoms with van der Waals surface area (Å²) in [6, 6.07) is 3.93. The summed E-state index contributed by atoms with van der Waals surface area (Å²) in [5.41, 5.74) is 0. The Kier molecular flexibility index (Phi) is 5.76. The van der Waals surface area contributed by atoms with E-state index in [1.54, 1.807) is 29.7 Å². The number of morpholine rings is 1. The number of rotatable bonds is 5. The number of aromatic nitrogens is 4. The molecule has 2 aliphatic heterocycles. The van der Waals surface area contributed by atoms with Gasteiger partial charge in [0, 0.05) is 57.7 Å². The highest BCUT2D eigenvalue weighted by Crippen LogP contribution is 2.19. The van der Waals surface area contributed by atoms with E-state index in [-0.39, 0.29) is 18.5 Å². The van der Waals surface area contributed by atoms with E-state index in [4.69, 9.17) is 9.47 Å². The summed E-state index contributed by atoms with van der Waals surface area (Å²) >= 11 is 0. The van der Waals surface area contributed by atoms with E-state index in [2.05, 4.69) is 29.7 Å². The maximum absolute atomic E-state index is 12.4. The second-order valence-electron chi connectivity index (χ2n) is 6.52. The number of carbonyl (C=O) groups is 1. The van der Waals surface area contributed by atoms with Gasteiger partial charge in [-0.3, -0.25) is 4.79 Å². The topological polar surface area (TPSA) is 96.8 Å². The van der Waals surface area contributed by atoms with Crippen LogP contribution in [-0.2, 0) is 9.53 Å². The molecule has 0 saturated carbocycles. The Hall–Kier alpha value is -3.01. The maximum Gasteiger partial charge on any atom is 0.316 e. The van der Waals surface area contributed by atoms with Crippen molar-refractivity contribution >= 4 is 17.5 Å². The van der Waals surface area contributed by atoms with Gasteiger partial charge in [0.05, 0.1) is 13.2 Å². The smallest absolute Gasteiger partial charge is 0.316 e. The lowest BCUT2D eigenvalue weighted by atomic mass is 10.3. The highest BCUT2D eigenvalue weighted by Gasteiger charge is 2.23. The molecule has 148 valence electrons. The standard InChI is InChI=1S/C18H23N7O3/c26-17(13-28-18-19-2-1-3-20-18)25-6-4-23(5-7-25)15-12-16(22-14-21-15)24-8-10-27-11-9-24/h1-3,12,14H,4-11,13H2. The number of ether oxygens (including phenoxy) is 2. The van der Waals surface area contributed by atoms with Crippen LogP contribution in [0.15, 0.2) is 30.9 Å². The minimum Gasteiger partial charge on any atom is -0.453 e. The van der Waals surface area contributed by atoms with Crippen molar-refractivity contribution in [3.8, 4) is 6.01 Å². The molecule has 0 unspecified atom stereocenters. The molecule has 0 aliphatic carbocycles. The third-order valence-corrected chi connectivity index (χ3v) is 4.80. The monoisotopic (exact) mass is 385 g/mol. The van der Waals surface area contributed by atoms with Gasteiger partial charge in [-0.25, -0.2) is 19.9 Å². The van der Waals surface area contributed by atoms with Crippen molar-refractivity contribution in [2.45, 2.75) is 0 Å². The summed E-state index contributed by atoms with van der Waals surface area (Å²) < 4.78 is 10.8. The molecule has 28 heavy (non-hydrogen) atoms. The Morgan fingerprint density at radius 1 is 0.929 bits per heavy atom. The van der Waals surface area contributed by atoms with E-state index < -0.39 is 0 Å². The number of anilines is 2. The van der Waals surface area contributed by atoms with Crippen molar-refractivity contribution in [2.24, 2.45) is 0 Å². The fourth-order valence-corrected chi connectivity index (χ4v) is 3.24. The van der Waals surface area contributed by atoms with Gasteiger partial charge in [-0.15, -0.1) is 0 Å². The van der Waals surface area contributed by atoms with Crippen LogP contribution in [-0.4, -0.2) is 89.8 Å². The Bertz CT molecular complexity index is 778. The average Bonchev–Trinajstić information content (AvgIpc) is 2.79. The van der Waals surface area contributed by atoms with Crippen molar-refractivity contribution < 1.29 is 14.3 Å². The molecule has 2 aromatic heterocycles. The normalized spacial score (nSPS) is 17.5. The number of hydrogen-bond donors (Lipinski definition) is 0. The van der Waals surface area contributed by atoms with Crippen LogP contribution in [0, 0.1) is 0 Å². The molecular formula is C18H23N7O3. The van der Waals surface area contributed by atoms with Crippen molar-refractivity contribution in [3.05, 3.63) is 30.9 Å². The third kappa shape index (κ3) is 4.45. The third-order valence-electron chi connectivity index (χ3n) is 4.80. The van der Waals surface area contributed by atoms with E-state index in [0.717, 1.165) is 37.9 Å². The van der Waals surface area contributed by atoms with Gasteiger partial charge < -0.3 is 24.2 Å². The summed E-state index contributed by atoms with van der Waals surface area (Å²) in [6.45, 7) is 5.72. The molecule has 0 radical (unpaired) electrons. The lowest BCUT2D eigenvalue weighted by Crippen LogP contribution is -2.50. The van der Waals surface area contributed by atoms with Crippen molar-refractivity contribution in [3.63, 3.8) is 0 Å². The van der Waals surface area contributed by atoms with Crippen LogP contribution in [0.5, 0.6) is 6.01 Å². The molecule has 2 aliphatic rings. The van der Waals surface area contributed by atoms with E-state index in [1.807, 2.05) is 6.07 Å². The quantitative estimate of drug-likeness (QED) is 0.695. The SMILES string of the molecule is O=C(COc1ncccn1)N1CCN(c2cc(N3CCOCC3)ncn2)CC1. The molecule has 4 rings (SSSR count). The molecule has 2 aromatic rings. The first-order chi connectivity index (χ1) is 13.8. The zero-order valence-corrected chi connectivity index (χ0v) is 15.6. The molecule has 4 heterocycles. The predicted octanol–water partition coefficient (Wildman–Crippen LogP) is -0.169. The molecule has 0 aromatic carbocycles. The van der Waals surface area contributed by atoms with E-state index in [0.29, 0.717) is 26.2 Å². The van der Waals surface area contributed by atoms with Crippen LogP contribution in [0.1, 0.15) is 0 Å². The van der Waals surface area contributed by atoms with Crippen LogP contribution in [0.3, 0.4) is 0 Å². The Balaban J connectivity index is 1.29. The molecule has 1 amide bonds. The molecule has 10 nitrogen and oxygen atoms in total. The number of carbonyl (C=O) groups excluding carboxylic acids is 1. The molecule has 0 N–H and O–H groups in total. The van der Waals surface area contributed by atoms with Gasteiger partial charge in [0.15, 0.2) is 6.61 Å². The fourth-order valence-electron chi connectivity index (χ4n) is 3.24. The maximum atomic E-state index is 12.4. The molecule has 0 spiro atoms. The number of nitrogens with zero attached hydrogens (tertiary/aromatic N) is 7. The highest BCUT2D eigenvalue weighted by molar-refractivity contribution is 5.78. The minimum absolute atomic E-state index is 0.0568. The summed E-state index contributed by atoms with van der Waals surface area (Å²) in [5.74, 6) is 1.74. The van der Waals surface area contributed by atoms with E-state index in [9.17, 15) is 4.79 Å². The van der Waals surface area contributed by atoms with Crippen molar-refractivity contribution in [2.75, 3.05) is 68.9 Å². The van der Waals surface area contributed by atoms with Gasteiger partial charge in [0.2, 0.25) is 0 Å². The second kappa shape index (κ2) is 8.79. The lowest BCUT2D eigenvalue weighted by molar-refractivity contribution is -0.133. The van der Waals surface area contributed by atoms with Crippen LogP contribution >= 0.6 is 0 Å². The zero-order chi connectivity index (χ0) is 19.2. The molecule has 2 saturated heterocycles. The molecule has 0 atom stereocenters. The van der Waals surface area contributed by atoms with Gasteiger partial charge >= 0.3 is 6.01 Å². The zero-order valence-electron chi connectivity index (χ0n) is 15.6. The van der Waals surface area contributed by atoms with Gasteiger partial charge in [0.1, 0.15) is 18.0 Å². The predicted molar refractivity (Wildman–Crippen MR) is 101 cm³/mol. The fraction of sp³-hybridized carbons (Fsp3) is 0.500. The summed E-state index contributed by atoms with van der Waals surface area (Å²) in [7, 11) is 0. The number of amides is 1. The average molecular weight is 385 g/mol. The molecule has 10 heteroatoms. The molecule has 2 fully saturated rings. The largest absolute Gasteiger partial charge is 0.453 e. The Labute approximate surface area is 163 Å². The van der Waals surface area contributed by atoms with Crippen molar-refractivity contribution in [1.82, 2.24) is 24.8 Å². The van der Waals surface area contributed by atoms with E-state index >= 15 is 0 Å². The van der Waals surface area contributed by atoms with Crippen LogP contribution in [0.25, 0.3) is 0 Å². The molecule has 0 bridgehead atoms. The van der Waals surface area contributed by atoms with Crippen LogP contribution in [0.2, 0.25) is 0 Å². The second-order valence-corrected chi connectivity index (χ2v) is 6.52. The van der Waals surface area contributed by atoms with Crippen LogP contribution in [0.4, 0.5) is 11.6 Å². The van der Waals surface area contributed by atoms with Gasteiger partial charge in [-0.05, 0) is 6.07 Å². The van der Waals surface area contributed by atoms with Gasteiger partial charge in [0.25, 0.3) is 5.91 Å². The first-order valence-electron chi connectivity index (χ1n) is 9.37. The number of piperazine rings is 1. The van der Waals surface area contributed by atoms with Crippen molar-refractivity contribution in [1.29, 1.82) is 0 Å². The van der Waals surface area contributed by atoms with Crippen LogP contribution < -0.4 is 14.5 Å². The van der Waals surface area contributed by atoms with Gasteiger partial charge in [-0.2, -0.15) is 0 Å². The lowest BCUT2D eigenvalue weighted by Gasteiger charge is -2.35. The summed E-state index contributed by atoms with van der Waals surface area (Å²) in [6.07, 6.45) is 4.77. The first kappa shape index (κ1) is 18.4. The number of hydrogen-bond acceptors (Lipinski definition) is 9. The summed E-state index contributed by atoms with van der Waals surface area (Å²) in [4.78, 5) is 35.3. The Morgan fingerprint density at radius 2 is 1.57 bits per heavy atom. The van der Waals surface area contributed by atoms with E-state index in [1.165, 1.54) is 0 Å². The minimum atomic E-state index is -0.0659. The first-order valence-corrected chi connectivity index (χ1v) is 9.37. The van der Waals surface area contributed by atoms with Gasteiger partial charge in [-0.1, -0.05) is 0 Å². The summed E-state index contributed by atoms with van der Waals surface area (Å²) in [5, 5.41) is 0.